The van der Waals surface area contributed by atoms with Crippen molar-refractivity contribution >= 4 is 28.1 Å². The molecule has 0 amide bonds. The van der Waals surface area contributed by atoms with E-state index in [1.165, 1.54) is 5.56 Å². The topological polar surface area (TPSA) is 33.6 Å². The van der Waals surface area contributed by atoms with Crippen LogP contribution < -0.4 is 0 Å². The molecule has 0 unspecified atom stereocenters. The minimum Gasteiger partial charge on any atom is -0.271 e. The van der Waals surface area contributed by atoms with Crippen molar-refractivity contribution in [2.45, 2.75) is 20.3 Å². The molecule has 0 spiro atoms. The molecule has 3 nitrogen and oxygen atoms in total. The zero-order valence-corrected chi connectivity index (χ0v) is 11.5. The Hall–Kier alpha value is -0.940. The summed E-state index contributed by atoms with van der Waals surface area (Å²) < 4.78 is 3.61. The summed E-state index contributed by atoms with van der Waals surface area (Å²) in [6.07, 6.45) is 0.841. The molecule has 1 aromatic heterocycles. The second-order valence-electron chi connectivity index (χ2n) is 3.59. The van der Waals surface area contributed by atoms with Crippen LogP contribution in [0.1, 0.15) is 18.3 Å². The van der Waals surface area contributed by atoms with Crippen LogP contribution in [0.2, 0.25) is 0 Å². The van der Waals surface area contributed by atoms with Crippen LogP contribution in [0.5, 0.6) is 0 Å². The predicted octanol–water partition coefficient (Wildman–Crippen LogP) is 3.56. The SMILES string of the molecule is CCc1n[nH]c(=S)n1-c1cc(C)ccc1Br. The van der Waals surface area contributed by atoms with Gasteiger partial charge in [-0.05, 0) is 52.8 Å². The number of nitrogens with one attached hydrogen (secondary N) is 1. The van der Waals surface area contributed by atoms with Gasteiger partial charge >= 0.3 is 0 Å². The number of rotatable bonds is 2. The highest BCUT2D eigenvalue weighted by Crippen LogP contribution is 2.23. The minimum atomic E-state index is 0.628. The van der Waals surface area contributed by atoms with E-state index in [1.807, 2.05) is 10.6 Å². The normalized spacial score (nSPS) is 10.7. The Morgan fingerprint density at radius 1 is 1.50 bits per heavy atom. The molecule has 0 radical (unpaired) electrons. The molecule has 2 aromatic rings. The van der Waals surface area contributed by atoms with Crippen LogP contribution in [0.4, 0.5) is 0 Å². The van der Waals surface area contributed by atoms with E-state index in [-0.39, 0.29) is 0 Å². The molecular weight excluding hydrogens is 286 g/mol. The van der Waals surface area contributed by atoms with Gasteiger partial charge in [0, 0.05) is 10.9 Å². The molecule has 16 heavy (non-hydrogen) atoms. The summed E-state index contributed by atoms with van der Waals surface area (Å²) in [6.45, 7) is 4.12. The molecule has 0 aliphatic heterocycles. The fraction of sp³-hybridized carbons (Fsp3) is 0.273. The summed E-state index contributed by atoms with van der Waals surface area (Å²) >= 11 is 8.79. The molecule has 0 bridgehead atoms. The maximum Gasteiger partial charge on any atom is 0.199 e. The van der Waals surface area contributed by atoms with Crippen molar-refractivity contribution in [1.82, 2.24) is 14.8 Å². The van der Waals surface area contributed by atoms with Crippen LogP contribution in [-0.2, 0) is 6.42 Å². The molecule has 84 valence electrons. The fourth-order valence-electron chi connectivity index (χ4n) is 1.61. The van der Waals surface area contributed by atoms with Gasteiger partial charge in [0.25, 0.3) is 0 Å². The average molecular weight is 298 g/mol. The van der Waals surface area contributed by atoms with Crippen molar-refractivity contribution in [2.24, 2.45) is 0 Å². The van der Waals surface area contributed by atoms with E-state index < -0.39 is 0 Å². The van der Waals surface area contributed by atoms with Crippen molar-refractivity contribution in [3.63, 3.8) is 0 Å². The largest absolute Gasteiger partial charge is 0.271 e. The zero-order chi connectivity index (χ0) is 11.7. The van der Waals surface area contributed by atoms with Crippen LogP contribution >= 0.6 is 28.1 Å². The fourth-order valence-corrected chi connectivity index (χ4v) is 2.28. The van der Waals surface area contributed by atoms with Gasteiger partial charge in [-0.15, -0.1) is 0 Å². The predicted molar refractivity (Wildman–Crippen MR) is 70.6 cm³/mol. The molecule has 0 atom stereocenters. The van der Waals surface area contributed by atoms with Crippen molar-refractivity contribution in [1.29, 1.82) is 0 Å². The standard InChI is InChI=1S/C11H12BrN3S/c1-3-10-13-14-11(16)15(10)9-6-7(2)4-5-8(9)12/h4-6H,3H2,1-2H3,(H,14,16). The van der Waals surface area contributed by atoms with Crippen LogP contribution in [0, 0.1) is 11.7 Å². The lowest BCUT2D eigenvalue weighted by atomic mass is 10.2. The van der Waals surface area contributed by atoms with Gasteiger partial charge in [-0.1, -0.05) is 13.0 Å². The first kappa shape index (κ1) is 11.5. The Kier molecular flexibility index (Phi) is 3.25. The number of benzene rings is 1. The Morgan fingerprint density at radius 2 is 2.25 bits per heavy atom. The van der Waals surface area contributed by atoms with Gasteiger partial charge < -0.3 is 0 Å². The lowest BCUT2D eigenvalue weighted by Gasteiger charge is -2.08. The molecule has 0 saturated heterocycles. The van der Waals surface area contributed by atoms with E-state index in [2.05, 4.69) is 52.1 Å². The molecule has 0 saturated carbocycles. The number of aromatic amines is 1. The summed E-state index contributed by atoms with van der Waals surface area (Å²) in [5.41, 5.74) is 2.24. The average Bonchev–Trinajstić information content (AvgIpc) is 2.63. The van der Waals surface area contributed by atoms with E-state index >= 15 is 0 Å². The third-order valence-corrected chi connectivity index (χ3v) is 3.35. The first-order chi connectivity index (χ1) is 7.63. The number of aryl methyl sites for hydroxylation is 2. The maximum atomic E-state index is 5.25. The quantitative estimate of drug-likeness (QED) is 0.860. The number of H-pyrrole nitrogens is 1. The van der Waals surface area contributed by atoms with E-state index in [4.69, 9.17) is 12.2 Å². The molecule has 1 N–H and O–H groups in total. The summed E-state index contributed by atoms with van der Waals surface area (Å²) in [5, 5.41) is 7.03. The number of halogens is 1. The van der Waals surface area contributed by atoms with Gasteiger partial charge in [0.1, 0.15) is 5.82 Å². The minimum absolute atomic E-state index is 0.628. The Balaban J connectivity index is 2.71. The highest BCUT2D eigenvalue weighted by molar-refractivity contribution is 9.10. The second-order valence-corrected chi connectivity index (χ2v) is 4.83. The van der Waals surface area contributed by atoms with E-state index in [9.17, 15) is 0 Å². The monoisotopic (exact) mass is 297 g/mol. The summed E-state index contributed by atoms with van der Waals surface area (Å²) in [7, 11) is 0. The highest BCUT2D eigenvalue weighted by atomic mass is 79.9. The van der Waals surface area contributed by atoms with Gasteiger partial charge in [-0.3, -0.25) is 9.67 Å². The lowest BCUT2D eigenvalue weighted by molar-refractivity contribution is 0.877. The molecule has 2 rings (SSSR count). The van der Waals surface area contributed by atoms with Crippen molar-refractivity contribution in [3.05, 3.63) is 38.8 Å². The molecule has 0 aliphatic carbocycles. The van der Waals surface area contributed by atoms with Gasteiger partial charge in [-0.25, -0.2) is 0 Å². The summed E-state index contributed by atoms with van der Waals surface area (Å²) in [4.78, 5) is 0. The third kappa shape index (κ3) is 1.97. The molecule has 1 heterocycles. The number of nitrogens with zero attached hydrogens (tertiary/aromatic N) is 2. The molecular formula is C11H12BrN3S. The maximum absolute atomic E-state index is 5.25. The first-order valence-corrected chi connectivity index (χ1v) is 6.26. The van der Waals surface area contributed by atoms with Crippen molar-refractivity contribution in [3.8, 4) is 5.69 Å². The summed E-state index contributed by atoms with van der Waals surface area (Å²) in [6, 6.07) is 6.18. The van der Waals surface area contributed by atoms with Crippen LogP contribution in [-0.4, -0.2) is 14.8 Å². The van der Waals surface area contributed by atoms with Gasteiger partial charge in [-0.2, -0.15) is 5.10 Å². The summed E-state index contributed by atoms with van der Waals surface area (Å²) in [5.74, 6) is 0.941. The van der Waals surface area contributed by atoms with Crippen LogP contribution in [0.25, 0.3) is 5.69 Å². The number of aromatic nitrogens is 3. The van der Waals surface area contributed by atoms with Crippen molar-refractivity contribution < 1.29 is 0 Å². The van der Waals surface area contributed by atoms with Crippen LogP contribution in [0.15, 0.2) is 22.7 Å². The van der Waals surface area contributed by atoms with Crippen LogP contribution in [0.3, 0.4) is 0 Å². The molecule has 0 aliphatic rings. The smallest absolute Gasteiger partial charge is 0.199 e. The number of hydrogen-bond acceptors (Lipinski definition) is 2. The van der Waals surface area contributed by atoms with Gasteiger partial charge in [0.15, 0.2) is 4.77 Å². The Morgan fingerprint density at radius 3 is 2.94 bits per heavy atom. The van der Waals surface area contributed by atoms with E-state index in [1.54, 1.807) is 0 Å². The van der Waals surface area contributed by atoms with Crippen molar-refractivity contribution in [2.75, 3.05) is 0 Å². The zero-order valence-electron chi connectivity index (χ0n) is 9.12. The third-order valence-electron chi connectivity index (χ3n) is 2.40. The first-order valence-electron chi connectivity index (χ1n) is 5.06. The second kappa shape index (κ2) is 4.51. The van der Waals surface area contributed by atoms with E-state index in [0.29, 0.717) is 4.77 Å². The Labute approximate surface area is 108 Å². The van der Waals surface area contributed by atoms with Gasteiger partial charge in [0.2, 0.25) is 0 Å². The van der Waals surface area contributed by atoms with E-state index in [0.717, 1.165) is 22.4 Å². The molecule has 1 aromatic carbocycles. The molecule has 0 fully saturated rings. The Bertz CT molecular complexity index is 571. The number of hydrogen-bond donors (Lipinski definition) is 1. The lowest BCUT2D eigenvalue weighted by Crippen LogP contribution is -2.01. The molecule has 5 heteroatoms. The van der Waals surface area contributed by atoms with Gasteiger partial charge in [0.05, 0.1) is 5.69 Å². The highest BCUT2D eigenvalue weighted by Gasteiger charge is 2.09.